The Balaban J connectivity index is 0.000000407. The Morgan fingerprint density at radius 2 is 1.61 bits per heavy atom. The molecule has 9 heteroatoms. The van der Waals surface area contributed by atoms with Crippen LogP contribution in [-0.2, 0) is 16.0 Å². The van der Waals surface area contributed by atoms with Crippen molar-refractivity contribution in [1.29, 1.82) is 0 Å². The number of phenols is 1. The number of hydrogen-bond donors (Lipinski definition) is 6. The fourth-order valence-corrected chi connectivity index (χ4v) is 2.54. The van der Waals surface area contributed by atoms with E-state index in [9.17, 15) is 19.5 Å². The molecule has 2 rings (SSSR count). The van der Waals surface area contributed by atoms with Gasteiger partial charge in [-0.1, -0.05) is 30.7 Å². The maximum absolute atomic E-state index is 11.9. The van der Waals surface area contributed by atoms with Crippen molar-refractivity contribution in [1.82, 2.24) is 0 Å². The number of nitrogens with one attached hydrogen (secondary N) is 1. The summed E-state index contributed by atoms with van der Waals surface area (Å²) in [7, 11) is 0. The number of benzene rings is 2. The van der Waals surface area contributed by atoms with Crippen LogP contribution in [-0.4, -0.2) is 45.8 Å². The number of aromatic carboxylic acids is 1. The lowest BCUT2D eigenvalue weighted by Gasteiger charge is -2.08. The SMILES string of the molecule is NCCCCC(N)C(=O)O.O=C(CCc1ccc(O)cc1)Nc1ccccc1C(=O)O. The number of aromatic hydroxyl groups is 1. The Morgan fingerprint density at radius 3 is 2.19 bits per heavy atom. The molecular weight excluding hydrogens is 402 g/mol. The van der Waals surface area contributed by atoms with E-state index < -0.39 is 18.0 Å². The van der Waals surface area contributed by atoms with Gasteiger partial charge in [-0.05, 0) is 55.6 Å². The van der Waals surface area contributed by atoms with Crippen LogP contribution in [0, 0.1) is 0 Å². The number of carboxylic acid groups (broad SMARTS) is 2. The Labute approximate surface area is 180 Å². The predicted octanol–water partition coefficient (Wildman–Crippen LogP) is 2.19. The van der Waals surface area contributed by atoms with Gasteiger partial charge in [0, 0.05) is 6.42 Å². The van der Waals surface area contributed by atoms with Crippen molar-refractivity contribution in [3.8, 4) is 5.75 Å². The standard InChI is InChI=1S/C16H15NO4.C6H14N2O2/c18-12-8-5-11(6-9-12)7-10-15(19)17-14-4-2-1-3-13(14)16(20)21;7-4-2-1-3-5(8)6(9)10/h1-6,8-9,18H,7,10H2,(H,17,19)(H,20,21);5H,1-4,7-8H2,(H,9,10). The molecule has 1 atom stereocenters. The second kappa shape index (κ2) is 13.7. The molecule has 0 saturated carbocycles. The summed E-state index contributed by atoms with van der Waals surface area (Å²) in [5, 5.41) is 29.1. The van der Waals surface area contributed by atoms with Gasteiger partial charge in [-0.25, -0.2) is 4.79 Å². The van der Waals surface area contributed by atoms with E-state index in [0.29, 0.717) is 25.1 Å². The summed E-state index contributed by atoms with van der Waals surface area (Å²) in [6, 6.07) is 12.2. The van der Waals surface area contributed by atoms with Gasteiger partial charge < -0.3 is 32.1 Å². The molecule has 0 radical (unpaired) electrons. The number of aliphatic carboxylic acids is 1. The molecule has 8 N–H and O–H groups in total. The number of amides is 1. The van der Waals surface area contributed by atoms with Crippen molar-refractivity contribution in [2.45, 2.75) is 38.1 Å². The normalized spacial score (nSPS) is 11.0. The van der Waals surface area contributed by atoms with E-state index in [4.69, 9.17) is 21.7 Å². The van der Waals surface area contributed by atoms with Gasteiger partial charge in [-0.15, -0.1) is 0 Å². The quantitative estimate of drug-likeness (QED) is 0.310. The molecule has 0 heterocycles. The smallest absolute Gasteiger partial charge is 0.337 e. The Morgan fingerprint density at radius 1 is 0.968 bits per heavy atom. The third-order valence-electron chi connectivity index (χ3n) is 4.30. The van der Waals surface area contributed by atoms with Gasteiger partial charge in [0.15, 0.2) is 0 Å². The van der Waals surface area contributed by atoms with E-state index >= 15 is 0 Å². The lowest BCUT2D eigenvalue weighted by Crippen LogP contribution is -2.29. The van der Waals surface area contributed by atoms with Gasteiger partial charge in [0.1, 0.15) is 11.8 Å². The number of nitrogens with two attached hydrogens (primary N) is 2. The number of carbonyl (C=O) groups is 3. The van der Waals surface area contributed by atoms with E-state index in [0.717, 1.165) is 18.4 Å². The zero-order valence-corrected chi connectivity index (χ0v) is 17.2. The highest BCUT2D eigenvalue weighted by molar-refractivity contribution is 6.00. The second-order valence-corrected chi connectivity index (χ2v) is 6.79. The molecule has 0 aliphatic rings. The first kappa shape index (κ1) is 25.6. The highest BCUT2D eigenvalue weighted by Crippen LogP contribution is 2.16. The average Bonchev–Trinajstić information content (AvgIpc) is 2.74. The molecule has 0 saturated heterocycles. The lowest BCUT2D eigenvalue weighted by atomic mass is 10.1. The number of carboxylic acids is 2. The number of para-hydroxylation sites is 1. The molecule has 0 fully saturated rings. The third kappa shape index (κ3) is 10.2. The predicted molar refractivity (Wildman–Crippen MR) is 117 cm³/mol. The minimum absolute atomic E-state index is 0.0653. The summed E-state index contributed by atoms with van der Waals surface area (Å²) in [6.45, 7) is 0.604. The van der Waals surface area contributed by atoms with Crippen LogP contribution < -0.4 is 16.8 Å². The topological polar surface area (TPSA) is 176 Å². The maximum Gasteiger partial charge on any atom is 0.337 e. The molecule has 0 aromatic heterocycles. The van der Waals surface area contributed by atoms with Gasteiger partial charge in [0.25, 0.3) is 0 Å². The first-order chi connectivity index (χ1) is 14.7. The van der Waals surface area contributed by atoms with E-state index in [1.807, 2.05) is 0 Å². The number of unbranched alkanes of at least 4 members (excludes halogenated alkanes) is 1. The zero-order valence-electron chi connectivity index (χ0n) is 17.2. The first-order valence-electron chi connectivity index (χ1n) is 9.83. The number of aryl methyl sites for hydroxylation is 1. The summed E-state index contributed by atoms with van der Waals surface area (Å²) in [4.78, 5) is 33.1. The van der Waals surface area contributed by atoms with E-state index in [-0.39, 0.29) is 23.6 Å². The molecule has 168 valence electrons. The van der Waals surface area contributed by atoms with Crippen molar-refractivity contribution >= 4 is 23.5 Å². The van der Waals surface area contributed by atoms with Gasteiger partial charge in [-0.2, -0.15) is 0 Å². The molecule has 2 aromatic rings. The highest BCUT2D eigenvalue weighted by Gasteiger charge is 2.11. The van der Waals surface area contributed by atoms with Crippen molar-refractivity contribution in [3.05, 3.63) is 59.7 Å². The zero-order chi connectivity index (χ0) is 23.2. The van der Waals surface area contributed by atoms with Crippen LogP contribution in [0.4, 0.5) is 5.69 Å². The van der Waals surface area contributed by atoms with Crippen molar-refractivity contribution < 1.29 is 29.7 Å². The van der Waals surface area contributed by atoms with Crippen molar-refractivity contribution in [2.24, 2.45) is 11.5 Å². The number of anilines is 1. The Hall–Kier alpha value is -3.43. The number of carbonyl (C=O) groups excluding carboxylic acids is 1. The molecule has 1 unspecified atom stereocenters. The van der Waals surface area contributed by atoms with Crippen LogP contribution >= 0.6 is 0 Å². The molecule has 1 amide bonds. The lowest BCUT2D eigenvalue weighted by molar-refractivity contribution is -0.138. The molecule has 31 heavy (non-hydrogen) atoms. The molecule has 2 aromatic carbocycles. The van der Waals surface area contributed by atoms with Crippen LogP contribution in [0.3, 0.4) is 0 Å². The van der Waals surface area contributed by atoms with Crippen molar-refractivity contribution in [2.75, 3.05) is 11.9 Å². The molecule has 0 aliphatic carbocycles. The second-order valence-electron chi connectivity index (χ2n) is 6.79. The van der Waals surface area contributed by atoms with E-state index in [1.165, 1.54) is 6.07 Å². The third-order valence-corrected chi connectivity index (χ3v) is 4.30. The number of phenolic OH excluding ortho intramolecular Hbond substituents is 1. The van der Waals surface area contributed by atoms with Gasteiger partial charge in [-0.3, -0.25) is 9.59 Å². The van der Waals surface area contributed by atoms with Crippen LogP contribution in [0.15, 0.2) is 48.5 Å². The van der Waals surface area contributed by atoms with Crippen LogP contribution in [0.1, 0.15) is 41.6 Å². The monoisotopic (exact) mass is 431 g/mol. The molecule has 9 nitrogen and oxygen atoms in total. The Kier molecular flexibility index (Phi) is 11.3. The summed E-state index contributed by atoms with van der Waals surface area (Å²) < 4.78 is 0. The fraction of sp³-hybridized carbons (Fsp3) is 0.318. The average molecular weight is 431 g/mol. The van der Waals surface area contributed by atoms with E-state index in [1.54, 1.807) is 42.5 Å². The van der Waals surface area contributed by atoms with Gasteiger partial charge >= 0.3 is 11.9 Å². The largest absolute Gasteiger partial charge is 0.508 e. The Bertz CT molecular complexity index is 855. The summed E-state index contributed by atoms with van der Waals surface area (Å²) >= 11 is 0. The van der Waals surface area contributed by atoms with Crippen LogP contribution in [0.25, 0.3) is 0 Å². The maximum atomic E-state index is 11.9. The van der Waals surface area contributed by atoms with Crippen LogP contribution in [0.2, 0.25) is 0 Å². The number of hydrogen-bond acceptors (Lipinski definition) is 6. The molecular formula is C22H29N3O6. The minimum atomic E-state index is -1.08. The first-order valence-corrected chi connectivity index (χ1v) is 9.83. The van der Waals surface area contributed by atoms with Crippen LogP contribution in [0.5, 0.6) is 5.75 Å². The molecule has 0 spiro atoms. The molecule has 0 bridgehead atoms. The van der Waals surface area contributed by atoms with E-state index in [2.05, 4.69) is 5.32 Å². The highest BCUT2D eigenvalue weighted by atomic mass is 16.4. The molecule has 0 aliphatic heterocycles. The van der Waals surface area contributed by atoms with Crippen molar-refractivity contribution in [3.63, 3.8) is 0 Å². The minimum Gasteiger partial charge on any atom is -0.508 e. The summed E-state index contributed by atoms with van der Waals surface area (Å²) in [5.41, 5.74) is 11.7. The summed E-state index contributed by atoms with van der Waals surface area (Å²) in [6.07, 6.45) is 2.91. The summed E-state index contributed by atoms with van der Waals surface area (Å²) in [5.74, 6) is -2.09. The van der Waals surface area contributed by atoms with Gasteiger partial charge in [0.2, 0.25) is 5.91 Å². The number of rotatable bonds is 10. The van der Waals surface area contributed by atoms with Gasteiger partial charge in [0.05, 0.1) is 11.3 Å². The fourth-order valence-electron chi connectivity index (χ4n) is 2.54.